The van der Waals surface area contributed by atoms with Crippen LogP contribution in [0.25, 0.3) is 10.9 Å². The summed E-state index contributed by atoms with van der Waals surface area (Å²) in [5.41, 5.74) is 2.11. The molecule has 0 fully saturated rings. The summed E-state index contributed by atoms with van der Waals surface area (Å²) < 4.78 is 0. The van der Waals surface area contributed by atoms with Crippen LogP contribution >= 0.6 is 27.5 Å². The van der Waals surface area contributed by atoms with Crippen LogP contribution in [0.2, 0.25) is 5.02 Å². The molecule has 1 aromatic heterocycles. The molecule has 0 N–H and O–H groups in total. The Balaban J connectivity index is 2.56. The van der Waals surface area contributed by atoms with E-state index in [0.717, 1.165) is 22.7 Å². The van der Waals surface area contributed by atoms with Gasteiger partial charge in [-0.15, -0.1) is 0 Å². The van der Waals surface area contributed by atoms with Crippen LogP contribution in [0.1, 0.15) is 5.56 Å². The lowest BCUT2D eigenvalue weighted by atomic mass is 10.1. The summed E-state index contributed by atoms with van der Waals surface area (Å²) in [7, 11) is 0. The second-order valence-electron chi connectivity index (χ2n) is 3.09. The van der Waals surface area contributed by atoms with Crippen molar-refractivity contribution in [1.82, 2.24) is 4.98 Å². The molecule has 0 spiro atoms. The van der Waals surface area contributed by atoms with E-state index in [1.54, 1.807) is 0 Å². The van der Waals surface area contributed by atoms with Gasteiger partial charge in [-0.05, 0) is 24.1 Å². The van der Waals surface area contributed by atoms with E-state index in [0.29, 0.717) is 5.02 Å². The number of hydrogen-bond donors (Lipinski definition) is 0. The average Bonchev–Trinajstić information content (AvgIpc) is 2.18. The molecule has 0 unspecified atom stereocenters. The van der Waals surface area contributed by atoms with E-state index in [1.807, 2.05) is 24.4 Å². The smallest absolute Gasteiger partial charge is 0.0888 e. The molecule has 3 heteroatoms. The predicted molar refractivity (Wildman–Crippen MR) is 64.3 cm³/mol. The van der Waals surface area contributed by atoms with Crippen LogP contribution in [0, 0.1) is 0 Å². The number of aryl methyl sites for hydroxylation is 1. The minimum absolute atomic E-state index is 0.716. The van der Waals surface area contributed by atoms with Gasteiger partial charge in [-0.2, -0.15) is 0 Å². The number of fused-ring (bicyclic) bond motifs is 1. The van der Waals surface area contributed by atoms with Crippen LogP contribution in [-0.2, 0) is 6.42 Å². The first-order valence-corrected chi connectivity index (χ1v) is 5.90. The van der Waals surface area contributed by atoms with Crippen LogP contribution < -0.4 is 0 Å². The van der Waals surface area contributed by atoms with Crippen molar-refractivity contribution >= 4 is 38.4 Å². The number of nitrogens with zero attached hydrogens (tertiary/aromatic N) is 1. The van der Waals surface area contributed by atoms with Crippen molar-refractivity contribution in [2.75, 3.05) is 5.33 Å². The quantitative estimate of drug-likeness (QED) is 0.756. The van der Waals surface area contributed by atoms with E-state index in [9.17, 15) is 0 Å². The summed E-state index contributed by atoms with van der Waals surface area (Å²) in [5.74, 6) is 0. The highest BCUT2D eigenvalue weighted by Gasteiger charge is 2.00. The van der Waals surface area contributed by atoms with E-state index in [4.69, 9.17) is 11.6 Å². The minimum Gasteiger partial charge on any atom is -0.254 e. The maximum Gasteiger partial charge on any atom is 0.0888 e. The highest BCUT2D eigenvalue weighted by atomic mass is 79.9. The van der Waals surface area contributed by atoms with Gasteiger partial charge in [0.2, 0.25) is 0 Å². The van der Waals surface area contributed by atoms with E-state index in [-0.39, 0.29) is 0 Å². The standard InChI is InChI=1S/C11H9BrClN/c12-5-4-8-6-9-2-1-3-10(13)11(9)14-7-8/h1-3,6-7H,4-5H2. The third kappa shape index (κ3) is 1.91. The van der Waals surface area contributed by atoms with Crippen molar-refractivity contribution < 1.29 is 0 Å². The van der Waals surface area contributed by atoms with Gasteiger partial charge in [0, 0.05) is 16.9 Å². The number of hydrogen-bond acceptors (Lipinski definition) is 1. The summed E-state index contributed by atoms with van der Waals surface area (Å²) in [6.45, 7) is 0. The summed E-state index contributed by atoms with van der Waals surface area (Å²) in [5, 5.41) is 2.78. The van der Waals surface area contributed by atoms with Crippen molar-refractivity contribution in [1.29, 1.82) is 0 Å². The molecule has 0 radical (unpaired) electrons. The maximum atomic E-state index is 6.01. The molecule has 2 rings (SSSR count). The molecule has 0 atom stereocenters. The van der Waals surface area contributed by atoms with Crippen molar-refractivity contribution in [3.8, 4) is 0 Å². The molecular weight excluding hydrogens is 261 g/mol. The lowest BCUT2D eigenvalue weighted by Crippen LogP contribution is -1.88. The number of aromatic nitrogens is 1. The molecule has 0 aliphatic rings. The predicted octanol–water partition coefficient (Wildman–Crippen LogP) is 3.83. The Labute approximate surface area is 96.2 Å². The number of para-hydroxylation sites is 1. The maximum absolute atomic E-state index is 6.01. The van der Waals surface area contributed by atoms with Gasteiger partial charge >= 0.3 is 0 Å². The number of rotatable bonds is 2. The Kier molecular flexibility index (Phi) is 3.04. The van der Waals surface area contributed by atoms with Crippen LogP contribution in [0.3, 0.4) is 0 Å². The summed E-state index contributed by atoms with van der Waals surface area (Å²) in [4.78, 5) is 4.35. The first-order chi connectivity index (χ1) is 6.81. The van der Waals surface area contributed by atoms with Crippen LogP contribution in [0.4, 0.5) is 0 Å². The van der Waals surface area contributed by atoms with Crippen LogP contribution in [-0.4, -0.2) is 10.3 Å². The molecule has 0 aliphatic carbocycles. The van der Waals surface area contributed by atoms with Gasteiger partial charge in [-0.25, -0.2) is 0 Å². The molecule has 0 amide bonds. The van der Waals surface area contributed by atoms with Gasteiger partial charge in [0.15, 0.2) is 0 Å². The molecule has 0 saturated heterocycles. The Morgan fingerprint density at radius 2 is 2.21 bits per heavy atom. The molecule has 0 bridgehead atoms. The molecule has 1 nitrogen and oxygen atoms in total. The van der Waals surface area contributed by atoms with Crippen LogP contribution in [0.5, 0.6) is 0 Å². The van der Waals surface area contributed by atoms with Gasteiger partial charge in [0.05, 0.1) is 10.5 Å². The van der Waals surface area contributed by atoms with Gasteiger partial charge in [0.1, 0.15) is 0 Å². The number of halogens is 2. The third-order valence-electron chi connectivity index (χ3n) is 2.10. The molecule has 0 aliphatic heterocycles. The highest BCUT2D eigenvalue weighted by molar-refractivity contribution is 9.09. The van der Waals surface area contributed by atoms with Gasteiger partial charge in [0.25, 0.3) is 0 Å². The van der Waals surface area contributed by atoms with E-state index in [1.165, 1.54) is 5.56 Å². The van der Waals surface area contributed by atoms with E-state index in [2.05, 4.69) is 27.0 Å². The number of pyridine rings is 1. The zero-order valence-electron chi connectivity index (χ0n) is 7.50. The van der Waals surface area contributed by atoms with Gasteiger partial charge in [-0.3, -0.25) is 4.98 Å². The Hall–Kier alpha value is -0.600. The molecule has 72 valence electrons. The minimum atomic E-state index is 0.716. The second-order valence-corrected chi connectivity index (χ2v) is 4.29. The SMILES string of the molecule is Clc1cccc2cc(CCBr)cnc12. The Morgan fingerprint density at radius 3 is 3.00 bits per heavy atom. The molecule has 14 heavy (non-hydrogen) atoms. The van der Waals surface area contributed by atoms with Crippen molar-refractivity contribution in [2.24, 2.45) is 0 Å². The second kappa shape index (κ2) is 4.28. The monoisotopic (exact) mass is 269 g/mol. The fourth-order valence-electron chi connectivity index (χ4n) is 1.41. The Bertz CT molecular complexity index is 456. The summed E-state index contributed by atoms with van der Waals surface area (Å²) in [6.07, 6.45) is 2.88. The topological polar surface area (TPSA) is 12.9 Å². The van der Waals surface area contributed by atoms with Crippen molar-refractivity contribution in [2.45, 2.75) is 6.42 Å². The molecule has 2 aromatic rings. The third-order valence-corrected chi connectivity index (χ3v) is 2.80. The molecule has 1 heterocycles. The Morgan fingerprint density at radius 1 is 1.36 bits per heavy atom. The van der Waals surface area contributed by atoms with Crippen LogP contribution in [0.15, 0.2) is 30.5 Å². The van der Waals surface area contributed by atoms with Gasteiger partial charge < -0.3 is 0 Å². The highest BCUT2D eigenvalue weighted by Crippen LogP contribution is 2.21. The summed E-state index contributed by atoms with van der Waals surface area (Å²) in [6, 6.07) is 7.98. The number of alkyl halides is 1. The van der Waals surface area contributed by atoms with E-state index >= 15 is 0 Å². The van der Waals surface area contributed by atoms with E-state index < -0.39 is 0 Å². The molecular formula is C11H9BrClN. The molecule has 1 aromatic carbocycles. The lowest BCUT2D eigenvalue weighted by molar-refractivity contribution is 1.14. The largest absolute Gasteiger partial charge is 0.254 e. The van der Waals surface area contributed by atoms with Crippen molar-refractivity contribution in [3.05, 3.63) is 41.0 Å². The fraction of sp³-hybridized carbons (Fsp3) is 0.182. The first-order valence-electron chi connectivity index (χ1n) is 4.40. The summed E-state index contributed by atoms with van der Waals surface area (Å²) >= 11 is 9.43. The number of benzene rings is 1. The van der Waals surface area contributed by atoms with Crippen molar-refractivity contribution in [3.63, 3.8) is 0 Å². The average molecular weight is 271 g/mol. The first kappa shape index (κ1) is 9.94. The molecule has 0 saturated carbocycles. The zero-order chi connectivity index (χ0) is 9.97. The normalized spacial score (nSPS) is 10.7. The van der Waals surface area contributed by atoms with Gasteiger partial charge in [-0.1, -0.05) is 39.7 Å². The lowest BCUT2D eigenvalue weighted by Gasteiger charge is -2.02. The fourth-order valence-corrected chi connectivity index (χ4v) is 2.10. The zero-order valence-corrected chi connectivity index (χ0v) is 9.85.